The van der Waals surface area contributed by atoms with Gasteiger partial charge in [0.1, 0.15) is 0 Å². The number of hydrogen-bond donors (Lipinski definition) is 1. The van der Waals surface area contributed by atoms with Crippen molar-refractivity contribution in [2.24, 2.45) is 5.92 Å². The number of aromatic nitrogens is 1. The van der Waals surface area contributed by atoms with Crippen LogP contribution in [0.15, 0.2) is 18.3 Å². The second-order valence-corrected chi connectivity index (χ2v) is 5.62. The molecular formula is C15H25N3. The normalized spacial score (nSPS) is 26.1. The summed E-state index contributed by atoms with van der Waals surface area (Å²) < 4.78 is 0. The molecule has 1 fully saturated rings. The van der Waals surface area contributed by atoms with Crippen LogP contribution in [0.5, 0.6) is 0 Å². The van der Waals surface area contributed by atoms with Crippen molar-refractivity contribution in [2.75, 3.05) is 18.5 Å². The molecule has 0 aliphatic carbocycles. The Morgan fingerprint density at radius 3 is 2.72 bits per heavy atom. The molecule has 0 amide bonds. The molecule has 3 unspecified atom stereocenters. The Morgan fingerprint density at radius 1 is 1.39 bits per heavy atom. The van der Waals surface area contributed by atoms with Crippen LogP contribution in [-0.2, 0) is 0 Å². The Hall–Kier alpha value is -1.09. The van der Waals surface area contributed by atoms with Gasteiger partial charge < -0.3 is 10.2 Å². The highest BCUT2D eigenvalue weighted by Crippen LogP contribution is 2.27. The van der Waals surface area contributed by atoms with E-state index in [0.29, 0.717) is 12.1 Å². The highest BCUT2D eigenvalue weighted by Gasteiger charge is 2.23. The van der Waals surface area contributed by atoms with Crippen LogP contribution >= 0.6 is 0 Å². The van der Waals surface area contributed by atoms with Gasteiger partial charge in [-0.05, 0) is 51.8 Å². The van der Waals surface area contributed by atoms with Gasteiger partial charge in [0.05, 0.1) is 17.6 Å². The van der Waals surface area contributed by atoms with E-state index in [2.05, 4.69) is 48.1 Å². The Labute approximate surface area is 111 Å². The number of nitrogens with zero attached hydrogens (tertiary/aromatic N) is 2. The van der Waals surface area contributed by atoms with E-state index in [-0.39, 0.29) is 0 Å². The minimum absolute atomic E-state index is 0.317. The Morgan fingerprint density at radius 2 is 2.17 bits per heavy atom. The minimum atomic E-state index is 0.317. The van der Waals surface area contributed by atoms with Crippen molar-refractivity contribution in [1.82, 2.24) is 10.3 Å². The van der Waals surface area contributed by atoms with Crippen molar-refractivity contribution >= 4 is 5.69 Å². The van der Waals surface area contributed by atoms with Crippen molar-refractivity contribution in [3.63, 3.8) is 0 Å². The number of piperidine rings is 1. The Kier molecular flexibility index (Phi) is 4.23. The van der Waals surface area contributed by atoms with Gasteiger partial charge >= 0.3 is 0 Å². The Bertz CT molecular complexity index is 374. The smallest absolute Gasteiger partial charge is 0.0571 e. The first kappa shape index (κ1) is 13.3. The van der Waals surface area contributed by atoms with Crippen molar-refractivity contribution in [2.45, 2.75) is 45.7 Å². The zero-order valence-corrected chi connectivity index (χ0v) is 12.0. The summed E-state index contributed by atoms with van der Waals surface area (Å²) in [6, 6.07) is 5.30. The molecule has 1 aliphatic heterocycles. The molecule has 0 saturated carbocycles. The summed E-state index contributed by atoms with van der Waals surface area (Å²) >= 11 is 0. The van der Waals surface area contributed by atoms with E-state index >= 15 is 0 Å². The van der Waals surface area contributed by atoms with Gasteiger partial charge in [-0.15, -0.1) is 0 Å². The van der Waals surface area contributed by atoms with E-state index < -0.39 is 0 Å². The third-order valence-electron chi connectivity index (χ3n) is 4.12. The number of pyridine rings is 1. The first-order valence-corrected chi connectivity index (χ1v) is 7.01. The molecule has 1 aromatic rings. The van der Waals surface area contributed by atoms with E-state index in [1.165, 1.54) is 18.5 Å². The van der Waals surface area contributed by atoms with Crippen molar-refractivity contribution in [1.29, 1.82) is 0 Å². The minimum Gasteiger partial charge on any atom is -0.368 e. The maximum absolute atomic E-state index is 4.57. The van der Waals surface area contributed by atoms with Crippen LogP contribution in [0.4, 0.5) is 5.69 Å². The molecular weight excluding hydrogens is 222 g/mol. The summed E-state index contributed by atoms with van der Waals surface area (Å²) in [5.74, 6) is 0.854. The fourth-order valence-corrected chi connectivity index (χ4v) is 2.76. The number of hydrogen-bond acceptors (Lipinski definition) is 3. The lowest BCUT2D eigenvalue weighted by Gasteiger charge is -2.38. The van der Waals surface area contributed by atoms with Crippen LogP contribution in [0.1, 0.15) is 45.3 Å². The summed E-state index contributed by atoms with van der Waals surface area (Å²) in [5, 5.41) is 3.22. The summed E-state index contributed by atoms with van der Waals surface area (Å²) in [6.07, 6.45) is 4.60. The lowest BCUT2D eigenvalue weighted by molar-refractivity contribution is 0.377. The zero-order chi connectivity index (χ0) is 13.1. The summed E-state index contributed by atoms with van der Waals surface area (Å²) in [5.41, 5.74) is 2.38. The van der Waals surface area contributed by atoms with Gasteiger partial charge in [-0.3, -0.25) is 4.98 Å². The molecule has 1 aliphatic rings. The van der Waals surface area contributed by atoms with E-state index in [0.717, 1.165) is 18.2 Å². The second kappa shape index (κ2) is 5.70. The van der Waals surface area contributed by atoms with Crippen LogP contribution in [0.2, 0.25) is 0 Å². The SMILES string of the molecule is CNC(C)c1ccc(N2CCC(C)CC2C)cn1. The lowest BCUT2D eigenvalue weighted by atomic mass is 9.93. The number of anilines is 1. The van der Waals surface area contributed by atoms with Crippen molar-refractivity contribution in [3.05, 3.63) is 24.0 Å². The Balaban J connectivity index is 2.09. The van der Waals surface area contributed by atoms with Crippen LogP contribution in [0, 0.1) is 5.92 Å². The van der Waals surface area contributed by atoms with Crippen molar-refractivity contribution in [3.8, 4) is 0 Å². The summed E-state index contributed by atoms with van der Waals surface area (Å²) in [6.45, 7) is 7.96. The molecule has 2 rings (SSSR count). The standard InChI is InChI=1S/C15H25N3/c1-11-7-8-18(12(2)9-11)14-5-6-15(17-10-14)13(3)16-4/h5-6,10-13,16H,7-9H2,1-4H3. The summed E-state index contributed by atoms with van der Waals surface area (Å²) in [7, 11) is 1.97. The molecule has 0 aromatic carbocycles. The summed E-state index contributed by atoms with van der Waals surface area (Å²) in [4.78, 5) is 7.06. The molecule has 100 valence electrons. The average Bonchev–Trinajstić information content (AvgIpc) is 2.38. The number of nitrogens with one attached hydrogen (secondary N) is 1. The van der Waals surface area contributed by atoms with E-state index in [4.69, 9.17) is 0 Å². The lowest BCUT2D eigenvalue weighted by Crippen LogP contribution is -2.40. The molecule has 1 saturated heterocycles. The molecule has 0 spiro atoms. The van der Waals surface area contributed by atoms with Gasteiger partial charge in [0, 0.05) is 18.6 Å². The molecule has 3 heteroatoms. The number of rotatable bonds is 3. The molecule has 0 bridgehead atoms. The molecule has 1 aromatic heterocycles. The predicted molar refractivity (Wildman–Crippen MR) is 76.9 cm³/mol. The molecule has 0 radical (unpaired) electrons. The van der Waals surface area contributed by atoms with E-state index in [1.54, 1.807) is 0 Å². The van der Waals surface area contributed by atoms with E-state index in [9.17, 15) is 0 Å². The van der Waals surface area contributed by atoms with Crippen LogP contribution in [0.25, 0.3) is 0 Å². The highest BCUT2D eigenvalue weighted by molar-refractivity contribution is 5.46. The third-order valence-corrected chi connectivity index (χ3v) is 4.12. The second-order valence-electron chi connectivity index (χ2n) is 5.62. The fraction of sp³-hybridized carbons (Fsp3) is 0.667. The zero-order valence-electron chi connectivity index (χ0n) is 12.0. The average molecular weight is 247 g/mol. The first-order chi connectivity index (χ1) is 8.61. The van der Waals surface area contributed by atoms with Crippen LogP contribution in [-0.4, -0.2) is 24.6 Å². The topological polar surface area (TPSA) is 28.2 Å². The molecule has 1 N–H and O–H groups in total. The molecule has 18 heavy (non-hydrogen) atoms. The van der Waals surface area contributed by atoms with Gasteiger partial charge in [0.15, 0.2) is 0 Å². The highest BCUT2D eigenvalue weighted by atomic mass is 15.2. The van der Waals surface area contributed by atoms with Gasteiger partial charge in [-0.25, -0.2) is 0 Å². The monoisotopic (exact) mass is 247 g/mol. The van der Waals surface area contributed by atoms with Gasteiger partial charge in [0.25, 0.3) is 0 Å². The van der Waals surface area contributed by atoms with Gasteiger partial charge in [-0.1, -0.05) is 6.92 Å². The molecule has 3 atom stereocenters. The van der Waals surface area contributed by atoms with E-state index in [1.807, 2.05) is 13.2 Å². The molecule has 2 heterocycles. The first-order valence-electron chi connectivity index (χ1n) is 7.01. The van der Waals surface area contributed by atoms with Crippen molar-refractivity contribution < 1.29 is 0 Å². The van der Waals surface area contributed by atoms with Crippen LogP contribution in [0.3, 0.4) is 0 Å². The van der Waals surface area contributed by atoms with Gasteiger partial charge in [0.2, 0.25) is 0 Å². The quantitative estimate of drug-likeness (QED) is 0.890. The largest absolute Gasteiger partial charge is 0.368 e. The fourth-order valence-electron chi connectivity index (χ4n) is 2.76. The predicted octanol–water partition coefficient (Wildman–Crippen LogP) is 2.99. The maximum Gasteiger partial charge on any atom is 0.0571 e. The third kappa shape index (κ3) is 2.83. The van der Waals surface area contributed by atoms with Gasteiger partial charge in [-0.2, -0.15) is 0 Å². The maximum atomic E-state index is 4.57. The van der Waals surface area contributed by atoms with Crippen LogP contribution < -0.4 is 10.2 Å². The molecule has 3 nitrogen and oxygen atoms in total.